The van der Waals surface area contributed by atoms with Crippen LogP contribution in [-0.2, 0) is 11.2 Å². The monoisotopic (exact) mass is 449 g/mol. The number of hydrogen-bond acceptors (Lipinski definition) is 8. The Hall–Kier alpha value is -3.50. The summed E-state index contributed by atoms with van der Waals surface area (Å²) in [5.74, 6) is 0.0553. The molecule has 10 heteroatoms. The molecular formula is C23H22FN6O3+. The molecule has 168 valence electrons. The van der Waals surface area contributed by atoms with Crippen LogP contribution in [0.3, 0.4) is 0 Å². The van der Waals surface area contributed by atoms with Crippen molar-refractivity contribution in [3.05, 3.63) is 53.5 Å². The molecule has 3 aromatic heterocycles. The van der Waals surface area contributed by atoms with Gasteiger partial charge in [0, 0.05) is 18.2 Å². The quantitative estimate of drug-likeness (QED) is 0.503. The highest BCUT2D eigenvalue weighted by atomic mass is 19.1. The van der Waals surface area contributed by atoms with Crippen LogP contribution in [0.25, 0.3) is 17.1 Å². The van der Waals surface area contributed by atoms with Gasteiger partial charge in [0.2, 0.25) is 6.33 Å². The van der Waals surface area contributed by atoms with Gasteiger partial charge >= 0.3 is 5.82 Å². The van der Waals surface area contributed by atoms with Gasteiger partial charge in [-0.2, -0.15) is 4.58 Å². The van der Waals surface area contributed by atoms with Gasteiger partial charge in [-0.3, -0.25) is 4.98 Å². The second kappa shape index (κ2) is 7.00. The molecule has 0 amide bonds. The molecule has 4 atom stereocenters. The van der Waals surface area contributed by atoms with Gasteiger partial charge in [0.25, 0.3) is 5.90 Å². The van der Waals surface area contributed by atoms with E-state index in [1.807, 2.05) is 19.1 Å². The summed E-state index contributed by atoms with van der Waals surface area (Å²) in [4.78, 5) is 16.9. The third kappa shape index (κ3) is 2.94. The van der Waals surface area contributed by atoms with Gasteiger partial charge < -0.3 is 20.7 Å². The summed E-state index contributed by atoms with van der Waals surface area (Å²) >= 11 is 0. The molecule has 0 radical (unpaired) electrons. The van der Waals surface area contributed by atoms with E-state index in [-0.39, 0.29) is 17.6 Å². The van der Waals surface area contributed by atoms with Crippen LogP contribution in [0.15, 0.2) is 30.9 Å². The maximum absolute atomic E-state index is 13.7. The van der Waals surface area contributed by atoms with E-state index in [0.717, 1.165) is 16.8 Å². The molecular weight excluding hydrogens is 427 g/mol. The van der Waals surface area contributed by atoms with Gasteiger partial charge in [0.15, 0.2) is 17.7 Å². The molecule has 1 saturated carbocycles. The molecule has 0 unspecified atom stereocenters. The normalized spacial score (nSPS) is 30.0. The number of aliphatic hydroxyl groups is 2. The predicted molar refractivity (Wildman–Crippen MR) is 117 cm³/mol. The van der Waals surface area contributed by atoms with Crippen molar-refractivity contribution in [3.8, 4) is 0 Å². The number of nitrogens with zero attached hydrogens (tertiary/aromatic N) is 5. The summed E-state index contributed by atoms with van der Waals surface area (Å²) in [6, 6.07) is 3.09. The van der Waals surface area contributed by atoms with E-state index in [9.17, 15) is 14.6 Å². The lowest BCUT2D eigenvalue weighted by Crippen LogP contribution is -2.46. The fourth-order valence-corrected chi connectivity index (χ4v) is 5.17. The zero-order valence-electron chi connectivity index (χ0n) is 17.8. The van der Waals surface area contributed by atoms with Gasteiger partial charge in [-0.05, 0) is 48.9 Å². The van der Waals surface area contributed by atoms with E-state index < -0.39 is 23.6 Å². The highest BCUT2D eigenvalue weighted by Gasteiger charge is 2.62. The van der Waals surface area contributed by atoms with E-state index in [1.165, 1.54) is 12.4 Å². The maximum atomic E-state index is 13.7. The van der Waals surface area contributed by atoms with E-state index in [4.69, 9.17) is 10.5 Å². The Balaban J connectivity index is 1.31. The molecule has 2 aliphatic heterocycles. The minimum absolute atomic E-state index is 0.0580. The largest absolute Gasteiger partial charge is 0.456 e. The third-order valence-corrected chi connectivity index (χ3v) is 6.91. The summed E-state index contributed by atoms with van der Waals surface area (Å²) in [6.07, 6.45) is 6.64. The van der Waals surface area contributed by atoms with Gasteiger partial charge in [0.05, 0.1) is 22.3 Å². The summed E-state index contributed by atoms with van der Waals surface area (Å²) in [7, 11) is 0. The second-order valence-electron chi connectivity index (χ2n) is 8.89. The minimum atomic E-state index is -1.39. The first kappa shape index (κ1) is 20.1. The smallest absolute Gasteiger partial charge is 0.341 e. The van der Waals surface area contributed by atoms with Crippen LogP contribution in [0.4, 0.5) is 16.0 Å². The number of ether oxygens (including phenoxy) is 1. The molecule has 1 saturated heterocycles. The molecule has 0 bridgehead atoms. The number of aromatic nitrogens is 4. The van der Waals surface area contributed by atoms with Crippen molar-refractivity contribution in [2.45, 2.75) is 44.0 Å². The lowest BCUT2D eigenvalue weighted by molar-refractivity contribution is -0.376. The summed E-state index contributed by atoms with van der Waals surface area (Å²) < 4.78 is 21.6. The lowest BCUT2D eigenvalue weighted by Gasteiger charge is -2.24. The Morgan fingerprint density at radius 1 is 1.27 bits per heavy atom. The molecule has 5 heterocycles. The zero-order valence-corrected chi connectivity index (χ0v) is 17.8. The van der Waals surface area contributed by atoms with Crippen molar-refractivity contribution < 1.29 is 23.9 Å². The van der Waals surface area contributed by atoms with Crippen LogP contribution in [0, 0.1) is 18.7 Å². The Bertz CT molecular complexity index is 1380. The van der Waals surface area contributed by atoms with Gasteiger partial charge in [-0.1, -0.05) is 0 Å². The van der Waals surface area contributed by atoms with Gasteiger partial charge in [-0.15, -0.1) is 0 Å². The van der Waals surface area contributed by atoms with Crippen LogP contribution in [-0.4, -0.2) is 58.4 Å². The highest BCUT2D eigenvalue weighted by Crippen LogP contribution is 2.46. The summed E-state index contributed by atoms with van der Waals surface area (Å²) in [5, 5.41) is 22.4. The third-order valence-electron chi connectivity index (χ3n) is 6.91. The average Bonchev–Trinajstić information content (AvgIpc) is 3.42. The van der Waals surface area contributed by atoms with Crippen LogP contribution in [0.5, 0.6) is 0 Å². The van der Waals surface area contributed by atoms with Crippen LogP contribution in [0.2, 0.25) is 0 Å². The SMILES string of the molecule is Cc1ncnc2c1C=C[N+]2=C1O[C@@H]2[C@H](Cc3cnc4cc(F)c(N)nc4c3)CC[C@]2(O)[C@H]1O. The van der Waals surface area contributed by atoms with Crippen molar-refractivity contribution >= 4 is 34.6 Å². The van der Waals surface area contributed by atoms with E-state index in [1.54, 1.807) is 17.0 Å². The second-order valence-corrected chi connectivity index (χ2v) is 8.89. The highest BCUT2D eigenvalue weighted by molar-refractivity contribution is 5.83. The molecule has 0 aromatic carbocycles. The molecule has 9 nitrogen and oxygen atoms in total. The Labute approximate surface area is 188 Å². The average molecular weight is 449 g/mol. The van der Waals surface area contributed by atoms with E-state index in [2.05, 4.69) is 19.9 Å². The lowest BCUT2D eigenvalue weighted by atomic mass is 9.90. The fraction of sp³-hybridized carbons (Fsp3) is 0.348. The Morgan fingerprint density at radius 2 is 2.12 bits per heavy atom. The van der Waals surface area contributed by atoms with Crippen LogP contribution >= 0.6 is 0 Å². The van der Waals surface area contributed by atoms with Crippen LogP contribution < -0.4 is 5.73 Å². The predicted octanol–water partition coefficient (Wildman–Crippen LogP) is 1.62. The first-order chi connectivity index (χ1) is 15.8. The fourth-order valence-electron chi connectivity index (χ4n) is 5.17. The molecule has 33 heavy (non-hydrogen) atoms. The Kier molecular flexibility index (Phi) is 4.27. The van der Waals surface area contributed by atoms with Crippen molar-refractivity contribution in [1.82, 2.24) is 19.9 Å². The van der Waals surface area contributed by atoms with Gasteiger partial charge in [-0.25, -0.2) is 14.4 Å². The van der Waals surface area contributed by atoms with E-state index in [0.29, 0.717) is 36.1 Å². The number of nitrogens with two attached hydrogens (primary N) is 1. The summed E-state index contributed by atoms with van der Waals surface area (Å²) in [5.41, 5.74) is 7.69. The molecule has 3 aliphatic rings. The molecule has 4 N–H and O–H groups in total. The number of fused-ring (bicyclic) bond motifs is 3. The standard InChI is InChI=1S/C23H22FN6O3/c1-11-14-3-5-30(21(14)28-10-27-11)22-18(31)23(32)4-2-13(19(23)33-22)6-12-7-17-16(26-9-12)8-15(24)20(25)29-17/h3,5,7-10,13,18-19,31-32H,2,4,6H2,1H3,(H2,25,29)/q+1/t13-,18-,19+,23-/m0/s1. The molecule has 6 rings (SSSR count). The van der Waals surface area contributed by atoms with Crippen molar-refractivity contribution in [2.75, 3.05) is 5.73 Å². The first-order valence-electron chi connectivity index (χ1n) is 10.8. The first-order valence-corrected chi connectivity index (χ1v) is 10.8. The number of halogens is 1. The minimum Gasteiger partial charge on any atom is -0.456 e. The van der Waals surface area contributed by atoms with Crippen LogP contribution in [0.1, 0.15) is 29.7 Å². The number of rotatable bonds is 2. The van der Waals surface area contributed by atoms with Crippen molar-refractivity contribution in [2.24, 2.45) is 5.92 Å². The topological polar surface area (TPSA) is 130 Å². The number of aliphatic hydroxyl groups excluding tert-OH is 1. The molecule has 2 fully saturated rings. The number of pyridine rings is 2. The number of nitrogen functional groups attached to an aromatic ring is 1. The van der Waals surface area contributed by atoms with Crippen molar-refractivity contribution in [3.63, 3.8) is 0 Å². The number of anilines is 1. The summed E-state index contributed by atoms with van der Waals surface area (Å²) in [6.45, 7) is 1.89. The van der Waals surface area contributed by atoms with Crippen molar-refractivity contribution in [1.29, 1.82) is 0 Å². The zero-order chi connectivity index (χ0) is 22.9. The Morgan fingerprint density at radius 3 is 2.97 bits per heavy atom. The molecule has 1 aliphatic carbocycles. The molecule has 3 aromatic rings. The van der Waals surface area contributed by atoms with E-state index >= 15 is 0 Å². The van der Waals surface area contributed by atoms with Gasteiger partial charge in [0.1, 0.15) is 17.9 Å². The number of aryl methyl sites for hydroxylation is 1. The maximum Gasteiger partial charge on any atom is 0.341 e. The molecule has 0 spiro atoms. The number of hydrogen-bond donors (Lipinski definition) is 3.